The van der Waals surface area contributed by atoms with Crippen LogP contribution in [-0.4, -0.2) is 9.78 Å². The molecule has 0 fully saturated rings. The Hall–Kier alpha value is -0.750. The van der Waals surface area contributed by atoms with Crippen LogP contribution in [0.4, 0.5) is 0 Å². The monoisotopic (exact) mass is 225 g/mol. The number of aromatic nitrogens is 2. The lowest BCUT2D eigenvalue weighted by Gasteiger charge is -2.07. The van der Waals surface area contributed by atoms with E-state index in [0.717, 1.165) is 10.2 Å². The average Bonchev–Trinajstić information content (AvgIpc) is 2.32. The highest BCUT2D eigenvalue weighted by Gasteiger charge is 2.11. The van der Waals surface area contributed by atoms with Gasteiger partial charge in [0.25, 0.3) is 0 Å². The van der Waals surface area contributed by atoms with E-state index in [4.69, 9.17) is 6.42 Å². The van der Waals surface area contributed by atoms with Gasteiger partial charge in [-0.25, -0.2) is 0 Å². The van der Waals surface area contributed by atoms with Crippen molar-refractivity contribution in [2.75, 3.05) is 0 Å². The van der Waals surface area contributed by atoms with Crippen LogP contribution in [0, 0.1) is 18.5 Å². The molecule has 0 N–H and O–H groups in total. The fourth-order valence-corrected chi connectivity index (χ4v) is 1.83. The molecule has 0 aliphatic heterocycles. The van der Waals surface area contributed by atoms with Gasteiger partial charge in [0.05, 0.1) is 10.2 Å². The minimum atomic E-state index is 0.409. The normalized spacial score (nSPS) is 10.2. The molecule has 0 amide bonds. The van der Waals surface area contributed by atoms with Crippen molar-refractivity contribution in [1.82, 2.24) is 9.78 Å². The van der Waals surface area contributed by atoms with Crippen LogP contribution in [0.2, 0.25) is 0 Å². The molecule has 1 rings (SSSR count). The molecule has 1 aromatic rings. The van der Waals surface area contributed by atoms with E-state index < -0.39 is 0 Å². The molecule has 1 heterocycles. The van der Waals surface area contributed by atoms with E-state index in [2.05, 4.69) is 47.0 Å². The fourth-order valence-electron chi connectivity index (χ4n) is 1.09. The van der Waals surface area contributed by atoms with Crippen molar-refractivity contribution >= 4 is 15.9 Å². The Bertz CT molecular complexity index is 307. The summed E-state index contributed by atoms with van der Waals surface area (Å²) in [5.74, 6) is 2.96. The van der Waals surface area contributed by atoms with Gasteiger partial charge in [-0.05, 0) is 21.8 Å². The quantitative estimate of drug-likeness (QED) is 0.707. The predicted octanol–water partition coefficient (Wildman–Crippen LogP) is 2.20. The summed E-state index contributed by atoms with van der Waals surface area (Å²) in [5, 5.41) is 4.03. The van der Waals surface area contributed by atoms with Crippen LogP contribution >= 0.6 is 15.9 Å². The highest BCUT2D eigenvalue weighted by Crippen LogP contribution is 2.23. The first kappa shape index (κ1) is 9.34. The van der Waals surface area contributed by atoms with Gasteiger partial charge < -0.3 is 0 Å². The summed E-state index contributed by atoms with van der Waals surface area (Å²) in [6, 6.07) is 0. The smallest absolute Gasteiger partial charge is 0.128 e. The van der Waals surface area contributed by atoms with Crippen LogP contribution < -0.4 is 0 Å². The minimum Gasteiger partial charge on any atom is -0.255 e. The largest absolute Gasteiger partial charge is 0.255 e. The van der Waals surface area contributed by atoms with Gasteiger partial charge in [0.2, 0.25) is 0 Å². The molecule has 1 radical (unpaired) electrons. The van der Waals surface area contributed by atoms with Crippen molar-refractivity contribution in [3.8, 4) is 12.3 Å². The summed E-state index contributed by atoms with van der Waals surface area (Å²) in [7, 11) is 0. The molecule has 0 saturated heterocycles. The summed E-state index contributed by atoms with van der Waals surface area (Å²) < 4.78 is 2.70. The average molecular weight is 226 g/mol. The first-order chi connectivity index (χ1) is 5.66. The molecule has 0 unspecified atom stereocenters. The van der Waals surface area contributed by atoms with Gasteiger partial charge in [-0.2, -0.15) is 5.10 Å². The maximum absolute atomic E-state index is 5.20. The first-order valence-electron chi connectivity index (χ1n) is 3.74. The van der Waals surface area contributed by atoms with Crippen molar-refractivity contribution in [1.29, 1.82) is 0 Å². The third kappa shape index (κ3) is 1.70. The highest BCUT2D eigenvalue weighted by atomic mass is 79.9. The fraction of sp³-hybridized carbons (Fsp3) is 0.444. The van der Waals surface area contributed by atoms with Gasteiger partial charge in [0, 0.05) is 0 Å². The third-order valence-corrected chi connectivity index (χ3v) is 2.14. The molecule has 0 aromatic carbocycles. The van der Waals surface area contributed by atoms with Gasteiger partial charge in [0.15, 0.2) is 0 Å². The Morgan fingerprint density at radius 3 is 2.92 bits per heavy atom. The number of hydrogen-bond donors (Lipinski definition) is 0. The second-order valence-electron chi connectivity index (χ2n) is 2.83. The summed E-state index contributed by atoms with van der Waals surface area (Å²) >= 11 is 3.38. The van der Waals surface area contributed by atoms with Crippen LogP contribution in [0.25, 0.3) is 0 Å². The van der Waals surface area contributed by atoms with Crippen molar-refractivity contribution in [3.05, 3.63) is 16.4 Å². The summed E-state index contributed by atoms with van der Waals surface area (Å²) in [6.07, 6.45) is 8.04. The summed E-state index contributed by atoms with van der Waals surface area (Å²) in [6.45, 7) is 4.71. The van der Waals surface area contributed by atoms with Crippen LogP contribution in [0.15, 0.2) is 4.47 Å². The lowest BCUT2D eigenvalue weighted by Crippen LogP contribution is -2.05. The second-order valence-corrected chi connectivity index (χ2v) is 3.62. The Morgan fingerprint density at radius 1 is 1.75 bits per heavy atom. The molecule has 0 bridgehead atoms. The molecule has 12 heavy (non-hydrogen) atoms. The SMILES string of the molecule is C#CCn1n[c]c(Br)c1C(C)C. The summed E-state index contributed by atoms with van der Waals surface area (Å²) in [5.41, 5.74) is 1.10. The Kier molecular flexibility index (Phi) is 2.93. The molecule has 2 nitrogen and oxygen atoms in total. The van der Waals surface area contributed by atoms with Crippen molar-refractivity contribution < 1.29 is 0 Å². The number of halogens is 1. The van der Waals surface area contributed by atoms with Crippen molar-refractivity contribution in [2.24, 2.45) is 0 Å². The zero-order valence-corrected chi connectivity index (χ0v) is 8.72. The van der Waals surface area contributed by atoms with Gasteiger partial charge in [0.1, 0.15) is 12.7 Å². The van der Waals surface area contributed by atoms with E-state index in [1.807, 2.05) is 0 Å². The maximum atomic E-state index is 5.20. The minimum absolute atomic E-state index is 0.409. The molecule has 0 spiro atoms. The van der Waals surface area contributed by atoms with E-state index in [1.54, 1.807) is 4.68 Å². The molecule has 1 aromatic heterocycles. The Balaban J connectivity index is 3.05. The van der Waals surface area contributed by atoms with Gasteiger partial charge in [-0.1, -0.05) is 19.8 Å². The Labute approximate surface area is 81.1 Å². The molecule has 3 heteroatoms. The Morgan fingerprint density at radius 2 is 2.42 bits per heavy atom. The molecule has 0 aliphatic carbocycles. The zero-order valence-electron chi connectivity index (χ0n) is 7.13. The van der Waals surface area contributed by atoms with E-state index in [-0.39, 0.29) is 0 Å². The van der Waals surface area contributed by atoms with Crippen LogP contribution in [0.1, 0.15) is 25.5 Å². The van der Waals surface area contributed by atoms with E-state index in [1.165, 1.54) is 0 Å². The van der Waals surface area contributed by atoms with Gasteiger partial charge in [-0.3, -0.25) is 4.68 Å². The van der Waals surface area contributed by atoms with Gasteiger partial charge >= 0.3 is 0 Å². The third-order valence-electron chi connectivity index (χ3n) is 1.56. The molecular formula is C9H10BrN2. The molecule has 63 valence electrons. The van der Waals surface area contributed by atoms with Crippen molar-refractivity contribution in [2.45, 2.75) is 26.3 Å². The number of nitrogens with zero attached hydrogens (tertiary/aromatic N) is 2. The first-order valence-corrected chi connectivity index (χ1v) is 4.53. The zero-order chi connectivity index (χ0) is 9.14. The predicted molar refractivity (Wildman–Crippen MR) is 51.7 cm³/mol. The standard InChI is InChI=1S/C9H10BrN2/c1-4-5-12-9(7(2)3)8(10)6-11-12/h1,7H,5H2,2-3H3. The number of terminal acetylenes is 1. The number of hydrogen-bond acceptors (Lipinski definition) is 1. The van der Waals surface area contributed by atoms with Crippen LogP contribution in [-0.2, 0) is 6.54 Å². The van der Waals surface area contributed by atoms with Crippen LogP contribution in [0.3, 0.4) is 0 Å². The molecule has 0 aliphatic rings. The topological polar surface area (TPSA) is 17.8 Å². The summed E-state index contributed by atoms with van der Waals surface area (Å²) in [4.78, 5) is 0. The van der Waals surface area contributed by atoms with Crippen molar-refractivity contribution in [3.63, 3.8) is 0 Å². The lowest BCUT2D eigenvalue weighted by molar-refractivity contribution is 0.634. The van der Waals surface area contributed by atoms with Gasteiger partial charge in [-0.15, -0.1) is 6.42 Å². The van der Waals surface area contributed by atoms with E-state index in [0.29, 0.717) is 12.5 Å². The molecule has 0 saturated carbocycles. The molecular weight excluding hydrogens is 216 g/mol. The highest BCUT2D eigenvalue weighted by molar-refractivity contribution is 9.10. The van der Waals surface area contributed by atoms with E-state index >= 15 is 0 Å². The lowest BCUT2D eigenvalue weighted by atomic mass is 10.1. The van der Waals surface area contributed by atoms with Crippen LogP contribution in [0.5, 0.6) is 0 Å². The van der Waals surface area contributed by atoms with E-state index in [9.17, 15) is 0 Å². The second kappa shape index (κ2) is 3.77. The molecule has 0 atom stereocenters. The maximum Gasteiger partial charge on any atom is 0.128 e. The number of rotatable bonds is 2.